The molecule has 0 amide bonds. The molecule has 58 valence electrons. The topological polar surface area (TPSA) is 63.3 Å². The highest BCUT2D eigenvalue weighted by molar-refractivity contribution is 9.14. The number of hydrogen-bond donors (Lipinski definition) is 2. The zero-order valence-electron chi connectivity index (χ0n) is 5.05. The van der Waals surface area contributed by atoms with Crippen LogP contribution in [0.5, 0.6) is 0 Å². The van der Waals surface area contributed by atoms with Gasteiger partial charge >= 0.3 is 5.97 Å². The Bertz CT molecular complexity index is 158. The molecule has 5 heteroatoms. The Morgan fingerprint density at radius 3 is 2.60 bits per heavy atom. The van der Waals surface area contributed by atoms with Gasteiger partial charge in [-0.1, -0.05) is 31.9 Å². The third-order valence-electron chi connectivity index (χ3n) is 0.851. The van der Waals surface area contributed by atoms with Crippen LogP contribution in [-0.4, -0.2) is 17.1 Å². The van der Waals surface area contributed by atoms with Crippen LogP contribution in [-0.2, 0) is 4.79 Å². The summed E-state index contributed by atoms with van der Waals surface area (Å²) < 4.78 is 0.738. The van der Waals surface area contributed by atoms with Gasteiger partial charge in [-0.15, -0.1) is 0 Å². The number of hydrogen-bond acceptors (Lipinski definition) is 2. The zero-order valence-corrected chi connectivity index (χ0v) is 8.22. The maximum Gasteiger partial charge on any atom is 0.320 e. The van der Waals surface area contributed by atoms with Crippen molar-refractivity contribution < 1.29 is 9.90 Å². The summed E-state index contributed by atoms with van der Waals surface area (Å²) in [6, 6.07) is -0.830. The summed E-state index contributed by atoms with van der Waals surface area (Å²) in [5.74, 6) is -0.994. The molecule has 0 aliphatic carbocycles. The van der Waals surface area contributed by atoms with Crippen molar-refractivity contribution in [2.45, 2.75) is 12.5 Å². The Balaban J connectivity index is 3.80. The molecular formula is C5H7Br2NO2. The second-order valence-electron chi connectivity index (χ2n) is 1.70. The molecule has 0 saturated carbocycles. The fourth-order valence-corrected chi connectivity index (χ4v) is 0.878. The Labute approximate surface area is 75.5 Å². The molecule has 0 fully saturated rings. The van der Waals surface area contributed by atoms with Crippen molar-refractivity contribution in [3.8, 4) is 0 Å². The lowest BCUT2D eigenvalue weighted by Gasteiger charge is -2.02. The molecule has 0 aromatic heterocycles. The van der Waals surface area contributed by atoms with Crippen LogP contribution in [0.3, 0.4) is 0 Å². The predicted octanol–water partition coefficient (Wildman–Crippen LogP) is 1.42. The predicted molar refractivity (Wildman–Crippen MR) is 46.2 cm³/mol. The van der Waals surface area contributed by atoms with E-state index in [0.717, 1.165) is 4.48 Å². The van der Waals surface area contributed by atoms with Gasteiger partial charge in [-0.25, -0.2) is 0 Å². The molecule has 10 heavy (non-hydrogen) atoms. The van der Waals surface area contributed by atoms with Crippen molar-refractivity contribution in [3.63, 3.8) is 0 Å². The molecule has 0 spiro atoms. The molecule has 0 saturated heterocycles. The Kier molecular flexibility index (Phi) is 4.93. The van der Waals surface area contributed by atoms with Crippen molar-refractivity contribution >= 4 is 37.8 Å². The average Bonchev–Trinajstić information content (AvgIpc) is 1.87. The molecule has 0 aromatic carbocycles. The summed E-state index contributed by atoms with van der Waals surface area (Å²) in [6.45, 7) is 0. The molecule has 0 aliphatic rings. The molecule has 0 rings (SSSR count). The fraction of sp³-hybridized carbons (Fsp3) is 0.400. The lowest BCUT2D eigenvalue weighted by molar-refractivity contribution is -0.138. The first-order valence-electron chi connectivity index (χ1n) is 2.51. The summed E-state index contributed by atoms with van der Waals surface area (Å²) in [4.78, 5) is 11.8. The van der Waals surface area contributed by atoms with Gasteiger partial charge in [0.2, 0.25) is 0 Å². The molecule has 0 heterocycles. The van der Waals surface area contributed by atoms with E-state index in [9.17, 15) is 4.79 Å². The van der Waals surface area contributed by atoms with Gasteiger partial charge < -0.3 is 10.8 Å². The third-order valence-corrected chi connectivity index (χ3v) is 2.57. The third kappa shape index (κ3) is 4.03. The number of nitrogens with two attached hydrogens (primary N) is 1. The summed E-state index contributed by atoms with van der Waals surface area (Å²) in [5, 5.41) is 8.34. The number of rotatable bonds is 3. The first kappa shape index (κ1) is 10.1. The second-order valence-corrected chi connectivity index (χ2v) is 3.18. The van der Waals surface area contributed by atoms with E-state index in [-0.39, 0.29) is 0 Å². The molecule has 3 nitrogen and oxygen atoms in total. The molecule has 0 aliphatic heterocycles. The fourth-order valence-electron chi connectivity index (χ4n) is 0.342. The highest BCUT2D eigenvalue weighted by atomic mass is 79.9. The maximum absolute atomic E-state index is 10.2. The first-order valence-corrected chi connectivity index (χ1v) is 4.22. The molecule has 1 unspecified atom stereocenters. The Hall–Kier alpha value is 0.130. The van der Waals surface area contributed by atoms with Crippen molar-refractivity contribution in [2.24, 2.45) is 5.73 Å². The van der Waals surface area contributed by atoms with Crippen molar-refractivity contribution in [3.05, 3.63) is 9.47 Å². The van der Waals surface area contributed by atoms with Crippen molar-refractivity contribution in [1.29, 1.82) is 0 Å². The summed E-state index contributed by atoms with van der Waals surface area (Å²) in [5.41, 5.74) is 5.20. The van der Waals surface area contributed by atoms with Gasteiger partial charge in [-0.05, 0) is 4.99 Å². The van der Waals surface area contributed by atoms with Gasteiger partial charge in [0.1, 0.15) is 6.04 Å². The van der Waals surface area contributed by atoms with E-state index in [4.69, 9.17) is 10.8 Å². The molecule has 3 N–H and O–H groups in total. The van der Waals surface area contributed by atoms with E-state index in [1.165, 1.54) is 0 Å². The standard InChI is InChI=1S/C5H7Br2NO2/c6-2-3(7)1-4(8)5(9)10/h2,4H,1,8H2,(H,9,10)/b3-2-. The number of halogens is 2. The van der Waals surface area contributed by atoms with Gasteiger partial charge in [-0.3, -0.25) is 4.79 Å². The molecule has 0 aromatic rings. The molecule has 0 radical (unpaired) electrons. The van der Waals surface area contributed by atoms with Crippen LogP contribution in [0.1, 0.15) is 6.42 Å². The van der Waals surface area contributed by atoms with Gasteiger partial charge in [0.15, 0.2) is 0 Å². The van der Waals surface area contributed by atoms with Crippen LogP contribution >= 0.6 is 31.9 Å². The second kappa shape index (κ2) is 4.87. The van der Waals surface area contributed by atoms with E-state index in [2.05, 4.69) is 31.9 Å². The first-order chi connectivity index (χ1) is 4.57. The largest absolute Gasteiger partial charge is 0.480 e. The minimum absolute atomic E-state index is 0.306. The SMILES string of the molecule is NC(C/C(Br)=C/Br)C(=O)O. The number of carboxylic acid groups (broad SMARTS) is 1. The van der Waals surface area contributed by atoms with Crippen molar-refractivity contribution in [1.82, 2.24) is 0 Å². The number of carbonyl (C=O) groups is 1. The van der Waals surface area contributed by atoms with Crippen LogP contribution in [0, 0.1) is 0 Å². The Morgan fingerprint density at radius 1 is 1.80 bits per heavy atom. The number of aliphatic carboxylic acids is 1. The van der Waals surface area contributed by atoms with Gasteiger partial charge in [0.25, 0.3) is 0 Å². The van der Waals surface area contributed by atoms with E-state index < -0.39 is 12.0 Å². The van der Waals surface area contributed by atoms with Crippen LogP contribution in [0.15, 0.2) is 9.47 Å². The zero-order chi connectivity index (χ0) is 8.15. The van der Waals surface area contributed by atoms with E-state index in [1.54, 1.807) is 4.99 Å². The minimum atomic E-state index is -0.994. The van der Waals surface area contributed by atoms with Gasteiger partial charge in [-0.2, -0.15) is 0 Å². The lowest BCUT2D eigenvalue weighted by atomic mass is 10.2. The minimum Gasteiger partial charge on any atom is -0.480 e. The van der Waals surface area contributed by atoms with Crippen LogP contribution in [0.25, 0.3) is 0 Å². The summed E-state index contributed by atoms with van der Waals surface area (Å²) in [7, 11) is 0. The maximum atomic E-state index is 10.2. The smallest absolute Gasteiger partial charge is 0.320 e. The summed E-state index contributed by atoms with van der Waals surface area (Å²) in [6.07, 6.45) is 0.306. The average molecular weight is 273 g/mol. The van der Waals surface area contributed by atoms with Gasteiger partial charge in [0.05, 0.1) is 0 Å². The normalized spacial score (nSPS) is 14.9. The number of carboxylic acids is 1. The van der Waals surface area contributed by atoms with Crippen LogP contribution in [0.4, 0.5) is 0 Å². The molecule has 1 atom stereocenters. The molecule has 0 bridgehead atoms. The highest BCUT2D eigenvalue weighted by Crippen LogP contribution is 2.13. The van der Waals surface area contributed by atoms with Gasteiger partial charge in [0, 0.05) is 10.9 Å². The lowest BCUT2D eigenvalue weighted by Crippen LogP contribution is -2.29. The summed E-state index contributed by atoms with van der Waals surface area (Å²) >= 11 is 6.15. The van der Waals surface area contributed by atoms with E-state index in [1.807, 2.05) is 0 Å². The van der Waals surface area contributed by atoms with E-state index in [0.29, 0.717) is 6.42 Å². The van der Waals surface area contributed by atoms with Crippen LogP contribution in [0.2, 0.25) is 0 Å². The monoisotopic (exact) mass is 271 g/mol. The Morgan fingerprint density at radius 2 is 2.30 bits per heavy atom. The van der Waals surface area contributed by atoms with Crippen molar-refractivity contribution in [2.75, 3.05) is 0 Å². The highest BCUT2D eigenvalue weighted by Gasteiger charge is 2.11. The molecular weight excluding hydrogens is 266 g/mol. The van der Waals surface area contributed by atoms with Crippen LogP contribution < -0.4 is 5.73 Å². The quantitative estimate of drug-likeness (QED) is 0.817. The van der Waals surface area contributed by atoms with E-state index >= 15 is 0 Å².